The zero-order valence-corrected chi connectivity index (χ0v) is 9.31. The molecule has 1 saturated heterocycles. The summed E-state index contributed by atoms with van der Waals surface area (Å²) < 4.78 is 0. The lowest BCUT2D eigenvalue weighted by Gasteiger charge is -2.09. The van der Waals surface area contributed by atoms with Crippen molar-refractivity contribution in [2.24, 2.45) is 5.92 Å². The standard InChI is InChI=1S/C10H19NO2S/c12-6-3-1-2-5-11-10(13)9-4-7-14-8-9/h9,12H,1-8H2,(H,11,13). The molecule has 1 rings (SSSR count). The van der Waals surface area contributed by atoms with Crippen LogP contribution in [-0.2, 0) is 4.79 Å². The number of hydrogen-bond acceptors (Lipinski definition) is 3. The number of unbranched alkanes of at least 4 members (excludes halogenated alkanes) is 2. The van der Waals surface area contributed by atoms with Crippen LogP contribution in [0.4, 0.5) is 0 Å². The highest BCUT2D eigenvalue weighted by Crippen LogP contribution is 2.23. The maximum absolute atomic E-state index is 11.5. The van der Waals surface area contributed by atoms with Crippen molar-refractivity contribution in [2.45, 2.75) is 25.7 Å². The molecule has 1 aliphatic rings. The lowest BCUT2D eigenvalue weighted by molar-refractivity contribution is -0.124. The zero-order valence-electron chi connectivity index (χ0n) is 8.50. The molecule has 14 heavy (non-hydrogen) atoms. The first-order chi connectivity index (χ1) is 6.84. The van der Waals surface area contributed by atoms with Crippen molar-refractivity contribution in [3.8, 4) is 0 Å². The van der Waals surface area contributed by atoms with Crippen molar-refractivity contribution >= 4 is 17.7 Å². The van der Waals surface area contributed by atoms with Gasteiger partial charge in [-0.3, -0.25) is 4.79 Å². The van der Waals surface area contributed by atoms with Crippen LogP contribution in [0.5, 0.6) is 0 Å². The van der Waals surface area contributed by atoms with Gasteiger partial charge in [0, 0.05) is 24.8 Å². The van der Waals surface area contributed by atoms with E-state index in [1.807, 2.05) is 11.8 Å². The van der Waals surface area contributed by atoms with Gasteiger partial charge in [-0.05, 0) is 31.4 Å². The minimum atomic E-state index is 0.221. The van der Waals surface area contributed by atoms with E-state index in [9.17, 15) is 4.79 Å². The molecule has 1 heterocycles. The molecule has 0 bridgehead atoms. The average molecular weight is 217 g/mol. The van der Waals surface area contributed by atoms with Gasteiger partial charge in [0.25, 0.3) is 0 Å². The van der Waals surface area contributed by atoms with Crippen molar-refractivity contribution < 1.29 is 9.90 Å². The Bertz CT molecular complexity index is 170. The molecule has 4 heteroatoms. The minimum absolute atomic E-state index is 0.221. The molecular weight excluding hydrogens is 198 g/mol. The summed E-state index contributed by atoms with van der Waals surface area (Å²) in [5.74, 6) is 2.59. The highest BCUT2D eigenvalue weighted by Gasteiger charge is 2.22. The van der Waals surface area contributed by atoms with Gasteiger partial charge in [-0.15, -0.1) is 0 Å². The molecular formula is C10H19NO2S. The van der Waals surface area contributed by atoms with Crippen LogP contribution in [0.1, 0.15) is 25.7 Å². The predicted molar refractivity (Wildman–Crippen MR) is 59.4 cm³/mol. The van der Waals surface area contributed by atoms with Crippen molar-refractivity contribution in [1.29, 1.82) is 0 Å². The van der Waals surface area contributed by atoms with E-state index in [-0.39, 0.29) is 18.4 Å². The van der Waals surface area contributed by atoms with Crippen LogP contribution < -0.4 is 5.32 Å². The topological polar surface area (TPSA) is 49.3 Å². The largest absolute Gasteiger partial charge is 0.396 e. The second-order valence-corrected chi connectivity index (χ2v) is 4.79. The third kappa shape index (κ3) is 4.33. The number of thioether (sulfide) groups is 1. The highest BCUT2D eigenvalue weighted by atomic mass is 32.2. The number of carbonyl (C=O) groups excluding carboxylic acids is 1. The average Bonchev–Trinajstić information content (AvgIpc) is 2.70. The quantitative estimate of drug-likeness (QED) is 0.653. The van der Waals surface area contributed by atoms with Crippen molar-refractivity contribution in [3.05, 3.63) is 0 Å². The summed E-state index contributed by atoms with van der Waals surface area (Å²) in [5, 5.41) is 11.5. The molecule has 1 unspecified atom stereocenters. The van der Waals surface area contributed by atoms with Gasteiger partial charge in [0.1, 0.15) is 0 Å². The molecule has 82 valence electrons. The molecule has 1 atom stereocenters. The van der Waals surface area contributed by atoms with Crippen LogP contribution >= 0.6 is 11.8 Å². The smallest absolute Gasteiger partial charge is 0.223 e. The maximum Gasteiger partial charge on any atom is 0.223 e. The first-order valence-electron chi connectivity index (χ1n) is 5.31. The molecule has 0 aromatic heterocycles. The lowest BCUT2D eigenvalue weighted by Crippen LogP contribution is -2.31. The second kappa shape index (κ2) is 7.12. The number of rotatable bonds is 6. The van der Waals surface area contributed by atoms with E-state index < -0.39 is 0 Å². The second-order valence-electron chi connectivity index (χ2n) is 3.64. The molecule has 1 fully saturated rings. The van der Waals surface area contributed by atoms with E-state index in [2.05, 4.69) is 5.32 Å². The van der Waals surface area contributed by atoms with Gasteiger partial charge in [0.2, 0.25) is 5.91 Å². The van der Waals surface area contributed by atoms with Crippen molar-refractivity contribution in [3.63, 3.8) is 0 Å². The normalized spacial score (nSPS) is 21.1. The summed E-state index contributed by atoms with van der Waals surface area (Å²) in [6.07, 6.45) is 3.85. The third-order valence-corrected chi connectivity index (χ3v) is 3.60. The fraction of sp³-hybridized carbons (Fsp3) is 0.900. The molecule has 0 spiro atoms. The van der Waals surface area contributed by atoms with Gasteiger partial charge in [0.05, 0.1) is 0 Å². The Morgan fingerprint density at radius 3 is 2.93 bits per heavy atom. The molecule has 0 saturated carbocycles. The molecule has 3 nitrogen and oxygen atoms in total. The minimum Gasteiger partial charge on any atom is -0.396 e. The van der Waals surface area contributed by atoms with Gasteiger partial charge in [-0.25, -0.2) is 0 Å². The molecule has 2 N–H and O–H groups in total. The Morgan fingerprint density at radius 2 is 2.29 bits per heavy atom. The van der Waals surface area contributed by atoms with E-state index >= 15 is 0 Å². The number of aliphatic hydroxyl groups is 1. The number of nitrogens with one attached hydrogen (secondary N) is 1. The zero-order chi connectivity index (χ0) is 10.2. The molecule has 0 radical (unpaired) electrons. The van der Waals surface area contributed by atoms with Crippen LogP contribution in [0.3, 0.4) is 0 Å². The monoisotopic (exact) mass is 217 g/mol. The molecule has 1 amide bonds. The first kappa shape index (κ1) is 11.9. The first-order valence-corrected chi connectivity index (χ1v) is 6.46. The van der Waals surface area contributed by atoms with Gasteiger partial charge >= 0.3 is 0 Å². The van der Waals surface area contributed by atoms with E-state index in [0.717, 1.165) is 43.7 Å². The third-order valence-electron chi connectivity index (χ3n) is 2.43. The Balaban J connectivity index is 1.97. The van der Waals surface area contributed by atoms with Crippen LogP contribution in [0.2, 0.25) is 0 Å². The van der Waals surface area contributed by atoms with Crippen LogP contribution in [-0.4, -0.2) is 35.7 Å². The maximum atomic E-state index is 11.5. The van der Waals surface area contributed by atoms with Crippen molar-refractivity contribution in [1.82, 2.24) is 5.32 Å². The Hall–Kier alpha value is -0.220. The summed E-state index contributed by atoms with van der Waals surface area (Å²) in [6, 6.07) is 0. The summed E-state index contributed by atoms with van der Waals surface area (Å²) in [7, 11) is 0. The van der Waals surface area contributed by atoms with E-state index in [4.69, 9.17) is 5.11 Å². The highest BCUT2D eigenvalue weighted by molar-refractivity contribution is 7.99. The molecule has 0 aromatic carbocycles. The predicted octanol–water partition coefficient (Wildman–Crippen LogP) is 1.02. The number of aliphatic hydroxyl groups excluding tert-OH is 1. The number of carbonyl (C=O) groups is 1. The Kier molecular flexibility index (Phi) is 6.03. The summed E-state index contributed by atoms with van der Waals surface area (Å²) in [5.41, 5.74) is 0. The summed E-state index contributed by atoms with van der Waals surface area (Å²) >= 11 is 1.86. The van der Waals surface area contributed by atoms with Crippen LogP contribution in [0.25, 0.3) is 0 Å². The van der Waals surface area contributed by atoms with Crippen LogP contribution in [0.15, 0.2) is 0 Å². The Morgan fingerprint density at radius 1 is 1.43 bits per heavy atom. The summed E-state index contributed by atoms with van der Waals surface area (Å²) in [6.45, 7) is 1.02. The molecule has 1 aliphatic heterocycles. The summed E-state index contributed by atoms with van der Waals surface area (Å²) in [4.78, 5) is 11.5. The van der Waals surface area contributed by atoms with Gasteiger partial charge in [-0.2, -0.15) is 11.8 Å². The SMILES string of the molecule is O=C(NCCCCCO)C1CCSC1. The van der Waals surface area contributed by atoms with E-state index in [1.54, 1.807) is 0 Å². The van der Waals surface area contributed by atoms with Gasteiger partial charge in [0.15, 0.2) is 0 Å². The van der Waals surface area contributed by atoms with Crippen LogP contribution in [0, 0.1) is 5.92 Å². The lowest BCUT2D eigenvalue weighted by atomic mass is 10.1. The van der Waals surface area contributed by atoms with Gasteiger partial charge in [-0.1, -0.05) is 0 Å². The van der Waals surface area contributed by atoms with Crippen molar-refractivity contribution in [2.75, 3.05) is 24.7 Å². The fourth-order valence-electron chi connectivity index (χ4n) is 1.51. The van der Waals surface area contributed by atoms with E-state index in [0.29, 0.717) is 0 Å². The number of hydrogen-bond donors (Lipinski definition) is 2. The molecule has 0 aliphatic carbocycles. The number of amides is 1. The van der Waals surface area contributed by atoms with E-state index in [1.165, 1.54) is 0 Å². The Labute approximate surface area is 89.6 Å². The van der Waals surface area contributed by atoms with Gasteiger partial charge < -0.3 is 10.4 Å². The molecule has 0 aromatic rings. The fourth-order valence-corrected chi connectivity index (χ4v) is 2.73.